The van der Waals surface area contributed by atoms with Gasteiger partial charge in [0, 0.05) is 18.7 Å². The number of hydrogen-bond acceptors (Lipinski definition) is 5. The largest absolute Gasteiger partial charge is 0.424 e. The minimum atomic E-state index is -3.12. The quantitative estimate of drug-likeness (QED) is 0.832. The summed E-state index contributed by atoms with van der Waals surface area (Å²) in [5, 5.41) is 3.25. The first-order valence-corrected chi connectivity index (χ1v) is 9.90. The van der Waals surface area contributed by atoms with Crippen LogP contribution in [0.2, 0.25) is 0 Å². The van der Waals surface area contributed by atoms with Crippen LogP contribution in [0.3, 0.4) is 0 Å². The molecule has 0 amide bonds. The lowest BCUT2D eigenvalue weighted by atomic mass is 9.86. The van der Waals surface area contributed by atoms with Crippen LogP contribution in [-0.2, 0) is 10.0 Å². The van der Waals surface area contributed by atoms with E-state index in [1.54, 1.807) is 13.0 Å². The molecule has 1 heterocycles. The van der Waals surface area contributed by atoms with E-state index in [9.17, 15) is 12.8 Å². The van der Waals surface area contributed by atoms with E-state index in [-0.39, 0.29) is 17.6 Å². The summed E-state index contributed by atoms with van der Waals surface area (Å²) in [6, 6.07) is 4.91. The summed E-state index contributed by atoms with van der Waals surface area (Å²) in [6.45, 7) is 2.14. The lowest BCUT2D eigenvalue weighted by Gasteiger charge is -2.28. The van der Waals surface area contributed by atoms with Crippen LogP contribution in [0.4, 0.5) is 10.4 Å². The zero-order valence-corrected chi connectivity index (χ0v) is 14.4. The van der Waals surface area contributed by atoms with Gasteiger partial charge in [-0.1, -0.05) is 0 Å². The van der Waals surface area contributed by atoms with Crippen molar-refractivity contribution in [3.63, 3.8) is 0 Å². The Kier molecular flexibility index (Phi) is 5.05. The number of rotatable bonds is 6. The number of hydrogen-bond donors (Lipinski definition) is 2. The monoisotopic (exact) mass is 355 g/mol. The van der Waals surface area contributed by atoms with Crippen LogP contribution < -0.4 is 10.0 Å². The second kappa shape index (κ2) is 7.06. The molecule has 0 spiro atoms. The molecule has 3 rings (SSSR count). The first kappa shape index (κ1) is 17.2. The third-order valence-electron chi connectivity index (χ3n) is 4.50. The predicted octanol–water partition coefficient (Wildman–Crippen LogP) is 2.88. The van der Waals surface area contributed by atoms with E-state index in [1.165, 1.54) is 12.1 Å². The molecule has 132 valence electrons. The molecule has 8 heteroatoms. The van der Waals surface area contributed by atoms with Crippen molar-refractivity contribution in [3.8, 4) is 0 Å². The standard InChI is InChI=1S/C16H22FN3O3S/c1-2-24(21,22)18-10-11-3-6-13(7-4-11)19-16-20-14-9-12(17)5-8-15(14)23-16/h5,8-9,11,13,18H,2-4,6-7,10H2,1H3,(H,19,20)/t11-,13-. The highest BCUT2D eigenvalue weighted by Crippen LogP contribution is 2.27. The third-order valence-corrected chi connectivity index (χ3v) is 5.86. The third kappa shape index (κ3) is 4.24. The van der Waals surface area contributed by atoms with E-state index in [0.717, 1.165) is 25.7 Å². The Labute approximate surface area is 140 Å². The Morgan fingerprint density at radius 2 is 2.04 bits per heavy atom. The summed E-state index contributed by atoms with van der Waals surface area (Å²) in [5.74, 6) is 0.141. The minimum Gasteiger partial charge on any atom is -0.424 e. The molecule has 1 fully saturated rings. The highest BCUT2D eigenvalue weighted by molar-refractivity contribution is 7.89. The zero-order chi connectivity index (χ0) is 17.2. The van der Waals surface area contributed by atoms with Gasteiger partial charge in [0.25, 0.3) is 6.01 Å². The van der Waals surface area contributed by atoms with Gasteiger partial charge in [0.2, 0.25) is 10.0 Å². The van der Waals surface area contributed by atoms with Crippen molar-refractivity contribution < 1.29 is 17.2 Å². The number of nitrogens with zero attached hydrogens (tertiary/aromatic N) is 1. The van der Waals surface area contributed by atoms with Crippen LogP contribution in [0.15, 0.2) is 22.6 Å². The fourth-order valence-corrected chi connectivity index (χ4v) is 3.69. The number of nitrogens with one attached hydrogen (secondary N) is 2. The normalized spacial score (nSPS) is 21.9. The first-order valence-electron chi connectivity index (χ1n) is 8.25. The number of fused-ring (bicyclic) bond motifs is 1. The topological polar surface area (TPSA) is 84.2 Å². The number of oxazole rings is 1. The van der Waals surface area contributed by atoms with Gasteiger partial charge < -0.3 is 9.73 Å². The second-order valence-electron chi connectivity index (χ2n) is 6.24. The van der Waals surface area contributed by atoms with Crippen molar-refractivity contribution in [2.24, 2.45) is 5.92 Å². The fraction of sp³-hybridized carbons (Fsp3) is 0.562. The van der Waals surface area contributed by atoms with E-state index in [4.69, 9.17) is 4.42 Å². The van der Waals surface area contributed by atoms with Crippen molar-refractivity contribution in [1.29, 1.82) is 0 Å². The van der Waals surface area contributed by atoms with Gasteiger partial charge in [-0.25, -0.2) is 17.5 Å². The molecule has 1 saturated carbocycles. The van der Waals surface area contributed by atoms with Crippen LogP contribution in [-0.4, -0.2) is 31.7 Å². The number of halogens is 1. The molecular weight excluding hydrogens is 333 g/mol. The maximum atomic E-state index is 13.2. The highest BCUT2D eigenvalue weighted by atomic mass is 32.2. The fourth-order valence-electron chi connectivity index (χ4n) is 2.99. The average Bonchev–Trinajstić information content (AvgIpc) is 2.95. The summed E-state index contributed by atoms with van der Waals surface area (Å²) in [5.41, 5.74) is 1.06. The molecule has 0 saturated heterocycles. The van der Waals surface area contributed by atoms with Gasteiger partial charge in [0.05, 0.1) is 5.75 Å². The molecule has 24 heavy (non-hydrogen) atoms. The minimum absolute atomic E-state index is 0.113. The summed E-state index contributed by atoms with van der Waals surface area (Å²) in [6.07, 6.45) is 3.73. The molecule has 2 aromatic rings. The van der Waals surface area contributed by atoms with Gasteiger partial charge in [-0.15, -0.1) is 0 Å². The Morgan fingerprint density at radius 3 is 2.75 bits per heavy atom. The van der Waals surface area contributed by atoms with E-state index in [2.05, 4.69) is 15.0 Å². The molecule has 1 aromatic heterocycles. The molecule has 1 aliphatic rings. The number of anilines is 1. The lowest BCUT2D eigenvalue weighted by molar-refractivity contribution is 0.334. The Bertz CT molecular complexity index is 798. The van der Waals surface area contributed by atoms with Crippen molar-refractivity contribution >= 4 is 27.1 Å². The predicted molar refractivity (Wildman–Crippen MR) is 90.8 cm³/mol. The molecule has 1 aromatic carbocycles. The number of benzene rings is 1. The van der Waals surface area contributed by atoms with Crippen LogP contribution in [0.1, 0.15) is 32.6 Å². The van der Waals surface area contributed by atoms with Gasteiger partial charge in [0.15, 0.2) is 5.58 Å². The van der Waals surface area contributed by atoms with Gasteiger partial charge in [-0.05, 0) is 50.7 Å². The molecule has 6 nitrogen and oxygen atoms in total. The molecule has 0 aliphatic heterocycles. The van der Waals surface area contributed by atoms with Crippen molar-refractivity contribution in [1.82, 2.24) is 9.71 Å². The van der Waals surface area contributed by atoms with Crippen LogP contribution in [0.5, 0.6) is 0 Å². The number of sulfonamides is 1. The van der Waals surface area contributed by atoms with E-state index in [0.29, 0.717) is 29.6 Å². The zero-order valence-electron chi connectivity index (χ0n) is 13.6. The summed E-state index contributed by atoms with van der Waals surface area (Å²) < 4.78 is 44.4. The van der Waals surface area contributed by atoms with E-state index >= 15 is 0 Å². The van der Waals surface area contributed by atoms with Crippen LogP contribution in [0, 0.1) is 11.7 Å². The maximum Gasteiger partial charge on any atom is 0.295 e. The van der Waals surface area contributed by atoms with Crippen molar-refractivity contribution in [2.45, 2.75) is 38.6 Å². The SMILES string of the molecule is CCS(=O)(=O)NC[C@H]1CC[C@H](Nc2nc3cc(F)ccc3o2)CC1. The van der Waals surface area contributed by atoms with Crippen LogP contribution in [0.25, 0.3) is 11.1 Å². The molecule has 0 radical (unpaired) electrons. The molecule has 0 bridgehead atoms. The summed E-state index contributed by atoms with van der Waals surface area (Å²) in [4.78, 5) is 4.26. The second-order valence-corrected chi connectivity index (χ2v) is 8.34. The average molecular weight is 355 g/mol. The lowest BCUT2D eigenvalue weighted by Crippen LogP contribution is -2.34. The smallest absolute Gasteiger partial charge is 0.295 e. The van der Waals surface area contributed by atoms with Gasteiger partial charge in [-0.3, -0.25) is 0 Å². The Morgan fingerprint density at radius 1 is 1.29 bits per heavy atom. The number of aromatic nitrogens is 1. The van der Waals surface area contributed by atoms with Gasteiger partial charge >= 0.3 is 0 Å². The molecule has 1 aliphatic carbocycles. The van der Waals surface area contributed by atoms with Crippen LogP contribution >= 0.6 is 0 Å². The molecule has 0 atom stereocenters. The van der Waals surface area contributed by atoms with Gasteiger partial charge in [-0.2, -0.15) is 4.98 Å². The van der Waals surface area contributed by atoms with Gasteiger partial charge in [0.1, 0.15) is 11.3 Å². The summed E-state index contributed by atoms with van der Waals surface area (Å²) >= 11 is 0. The first-order chi connectivity index (χ1) is 11.4. The Hall–Kier alpha value is -1.67. The maximum absolute atomic E-state index is 13.2. The van der Waals surface area contributed by atoms with Crippen molar-refractivity contribution in [2.75, 3.05) is 17.6 Å². The van der Waals surface area contributed by atoms with E-state index in [1.807, 2.05) is 0 Å². The molecule has 2 N–H and O–H groups in total. The molecule has 0 unspecified atom stereocenters. The summed E-state index contributed by atoms with van der Waals surface area (Å²) in [7, 11) is -3.12. The van der Waals surface area contributed by atoms with E-state index < -0.39 is 10.0 Å². The molecular formula is C16H22FN3O3S. The van der Waals surface area contributed by atoms with Crippen molar-refractivity contribution in [3.05, 3.63) is 24.0 Å². The Balaban J connectivity index is 1.51. The highest BCUT2D eigenvalue weighted by Gasteiger charge is 2.23.